The molecule has 6 aromatic carbocycles. The summed E-state index contributed by atoms with van der Waals surface area (Å²) in [5.74, 6) is 1.42. The van der Waals surface area contributed by atoms with Gasteiger partial charge in [0.2, 0.25) is 47.3 Å². The maximum Gasteiger partial charge on any atom is 0.243 e. The van der Waals surface area contributed by atoms with Crippen molar-refractivity contribution in [2.45, 2.75) is 223 Å². The molecule has 2 fully saturated rings. The number of anilines is 2. The number of H-pyrrole nitrogens is 4. The summed E-state index contributed by atoms with van der Waals surface area (Å²) in [6.07, 6.45) is 8.08. The van der Waals surface area contributed by atoms with Crippen LogP contribution >= 0.6 is 0 Å². The van der Waals surface area contributed by atoms with E-state index in [4.69, 9.17) is 35.1 Å². The second-order valence-electron chi connectivity index (χ2n) is 43.4. The Labute approximate surface area is 862 Å². The average molecular weight is 2010 g/mol. The summed E-state index contributed by atoms with van der Waals surface area (Å²) in [7, 11) is 4.33. The molecular weight excluding hydrogens is 1860 g/mol. The van der Waals surface area contributed by atoms with Gasteiger partial charge in [0.25, 0.3) is 0 Å². The molecule has 0 saturated carbocycles. The lowest BCUT2D eigenvalue weighted by molar-refractivity contribution is -0.147. The van der Waals surface area contributed by atoms with Crippen molar-refractivity contribution in [2.24, 2.45) is 5.73 Å². The maximum atomic E-state index is 14.3. The number of carbonyl (C=O) groups excluding carboxylic acids is 8. The second-order valence-corrected chi connectivity index (χ2v) is 43.4. The van der Waals surface area contributed by atoms with Crippen molar-refractivity contribution in [3.8, 4) is 57.1 Å². The molecule has 9 N–H and O–H groups in total. The van der Waals surface area contributed by atoms with Crippen LogP contribution in [-0.2, 0) is 86.2 Å². The summed E-state index contributed by atoms with van der Waals surface area (Å²) < 4.78 is 16.7. The van der Waals surface area contributed by atoms with E-state index in [2.05, 4.69) is 270 Å². The Bertz CT molecular complexity index is 6510. The fraction of sp³-hybridized carbons (Fsp3) is 0.527. The third-order valence-corrected chi connectivity index (χ3v) is 27.0. The van der Waals surface area contributed by atoms with Crippen LogP contribution in [0.5, 0.6) is 11.5 Å². The molecule has 37 heteroatoms. The van der Waals surface area contributed by atoms with E-state index in [-0.39, 0.29) is 118 Å². The van der Waals surface area contributed by atoms with Crippen molar-refractivity contribution >= 4 is 103 Å². The number of hydrogen-bond donors (Lipinski definition) is 8. The number of nitrogens with two attached hydrogens (primary N) is 1. The first-order valence-electron chi connectivity index (χ1n) is 52.4. The molecule has 0 atom stereocenters. The van der Waals surface area contributed by atoms with E-state index in [0.717, 1.165) is 176 Å². The van der Waals surface area contributed by atoms with Gasteiger partial charge in [-0.1, -0.05) is 121 Å². The van der Waals surface area contributed by atoms with Gasteiger partial charge in [-0.05, 0) is 184 Å². The Kier molecular flexibility index (Phi) is 36.2. The summed E-state index contributed by atoms with van der Waals surface area (Å²) in [6.45, 7) is 43.0. The first-order chi connectivity index (χ1) is 70.1. The fourth-order valence-corrected chi connectivity index (χ4v) is 18.7. The van der Waals surface area contributed by atoms with Crippen molar-refractivity contribution < 1.29 is 47.8 Å². The zero-order valence-corrected chi connectivity index (χ0v) is 89.5. The Hall–Kier alpha value is -13.7. The third-order valence-electron chi connectivity index (χ3n) is 27.0. The second kappa shape index (κ2) is 48.8. The van der Waals surface area contributed by atoms with Crippen LogP contribution in [0, 0.1) is 0 Å². The number of aromatic nitrogens is 14. The molecule has 0 radical (unpaired) electrons. The number of imidazole rings is 4. The van der Waals surface area contributed by atoms with Gasteiger partial charge in [-0.25, -0.2) is 19.9 Å². The molecule has 0 bridgehead atoms. The van der Waals surface area contributed by atoms with Gasteiger partial charge in [-0.2, -0.15) is 0 Å². The Morgan fingerprint density at radius 2 is 0.748 bits per heavy atom. The standard InChI is InChI=1S/C110H153N27O10/c1-19-39-131(96(141)64-112-63-77-66-136(125-123-77)43-25-37-113-94(139)27-23-53-146-101-81(107(5,6)7)55-75(56-82(101)108(8,9)10)105-117-85-33-29-73(59-89(85)119-105)103-115-87-35-31-79(61-91(87)121-103)129-49-45-127(17)46-50-129)69-97(142)132(40-20-2)70-98(143)133(41-21-3)71-99(144)134(42-22-4)72-100(145)135(68-93(111)138)65-78-67-137(126-124-78)44-26-38-114-95(140)28-24-54-147-102-83(109(11,12)13)57-76(58-84(102)110(14,15)16)106-118-86-34-30-74(60-90(86)120-106)104-116-88-36-32-80(62-92(88)122-104)130-51-47-128(18)48-52-130/h29-36,55-62,66-67,112H,19-28,37-54,63-65,68-72H2,1-18H3,(H2,111,138)(H,113,139)(H,114,140)(H,115,121)(H,116,122)(H,117,119)(H,118,120). The molecular formula is C110H153N27O10. The van der Waals surface area contributed by atoms with E-state index in [1.807, 2.05) is 27.7 Å². The SMILES string of the molecule is CCCN(CC(=O)N(CCC)CC(=O)N(CCC)CC(=O)N(CCC)CC(=O)N(CC(N)=O)Cc1cn(CCCNC(=O)CCCOc2c(C(C)(C)C)cc(-c3nc4cc(-c5nc6ccc(N7CCN(C)CC7)cc6[nH]5)ccc4[nH]3)cc2C(C)(C)C)nn1)C(=O)CNCc1cn(CCCNC(=O)CCCOc2c(C(C)(C)C)cc(-c3nc4cc(-c5nc6ccc(N7CCN(C)CC7)cc6[nH]5)ccc4[nH]3)cc2C(C)(C)C)nn1. The quantitative estimate of drug-likeness (QED) is 0.0164. The van der Waals surface area contributed by atoms with E-state index in [1.54, 1.807) is 21.8 Å². The van der Waals surface area contributed by atoms with Crippen LogP contribution in [0.1, 0.15) is 209 Å². The molecule has 37 nitrogen and oxygen atoms in total. The highest BCUT2D eigenvalue weighted by Crippen LogP contribution is 2.46. The lowest BCUT2D eigenvalue weighted by Gasteiger charge is -2.34. The van der Waals surface area contributed by atoms with Crippen LogP contribution < -0.4 is 41.0 Å². The topological polar surface area (TPSA) is 422 Å². The molecule has 2 aliphatic heterocycles. The molecule has 8 heterocycles. The van der Waals surface area contributed by atoms with Crippen molar-refractivity contribution in [2.75, 3.05) is 168 Å². The van der Waals surface area contributed by atoms with Crippen LogP contribution in [-0.4, -0.2) is 310 Å². The third kappa shape index (κ3) is 29.0. The maximum absolute atomic E-state index is 14.3. The van der Waals surface area contributed by atoms with Gasteiger partial charge in [0.15, 0.2) is 0 Å². The zero-order chi connectivity index (χ0) is 105. The number of nitrogens with zero attached hydrogens (tertiary/aromatic N) is 19. The summed E-state index contributed by atoms with van der Waals surface area (Å²) in [5.41, 5.74) is 23.1. The number of fused-ring (bicyclic) bond motifs is 4. The van der Waals surface area contributed by atoms with Gasteiger partial charge in [0, 0.05) is 186 Å². The van der Waals surface area contributed by atoms with E-state index < -0.39 is 42.6 Å². The molecule has 8 amide bonds. The van der Waals surface area contributed by atoms with Gasteiger partial charge in [-0.15, -0.1) is 10.2 Å². The minimum atomic E-state index is -0.779. The number of aryl methyl sites for hydroxylation is 2. The van der Waals surface area contributed by atoms with Crippen LogP contribution in [0.3, 0.4) is 0 Å². The molecule has 12 aromatic rings. The molecule has 788 valence electrons. The normalized spacial score (nSPS) is 13.6. The van der Waals surface area contributed by atoms with Gasteiger partial charge >= 0.3 is 0 Å². The number of carbonyl (C=O) groups is 8. The fourth-order valence-electron chi connectivity index (χ4n) is 18.7. The average Bonchev–Trinajstić information content (AvgIpc) is 1.71. The molecule has 14 rings (SSSR count). The predicted molar refractivity (Wildman–Crippen MR) is 576 cm³/mol. The summed E-state index contributed by atoms with van der Waals surface area (Å²) >= 11 is 0. The minimum Gasteiger partial charge on any atom is -0.493 e. The van der Waals surface area contributed by atoms with Crippen molar-refractivity contribution in [3.05, 3.63) is 143 Å². The zero-order valence-electron chi connectivity index (χ0n) is 89.5. The number of primary amides is 1. The Morgan fingerprint density at radius 1 is 0.395 bits per heavy atom. The first kappa shape index (κ1) is 109. The largest absolute Gasteiger partial charge is 0.493 e. The van der Waals surface area contributed by atoms with E-state index in [0.29, 0.717) is 102 Å². The summed E-state index contributed by atoms with van der Waals surface area (Å²) in [6, 6.07) is 34.0. The highest BCUT2D eigenvalue weighted by Gasteiger charge is 2.35. The van der Waals surface area contributed by atoms with Crippen LogP contribution in [0.2, 0.25) is 0 Å². The van der Waals surface area contributed by atoms with Crippen LogP contribution in [0.15, 0.2) is 109 Å². The van der Waals surface area contributed by atoms with Gasteiger partial charge < -0.3 is 95.2 Å². The van der Waals surface area contributed by atoms with Crippen LogP contribution in [0.25, 0.3) is 89.7 Å². The van der Waals surface area contributed by atoms with Gasteiger partial charge in [0.05, 0.1) is 115 Å². The number of nitrogens with one attached hydrogen (secondary N) is 7. The number of aromatic amines is 4. The van der Waals surface area contributed by atoms with Crippen LogP contribution in [0.4, 0.5) is 11.4 Å². The number of amides is 8. The molecule has 0 unspecified atom stereocenters. The van der Waals surface area contributed by atoms with Crippen molar-refractivity contribution in [1.82, 2.24) is 120 Å². The molecule has 2 saturated heterocycles. The monoisotopic (exact) mass is 2010 g/mol. The molecule has 0 spiro atoms. The number of ether oxygens (including phenoxy) is 2. The molecule has 147 heavy (non-hydrogen) atoms. The van der Waals surface area contributed by atoms with E-state index in [1.165, 1.54) is 35.9 Å². The first-order valence-corrected chi connectivity index (χ1v) is 52.4. The lowest BCUT2D eigenvalue weighted by Crippen LogP contribution is -2.51. The number of hydrogen-bond acceptors (Lipinski definition) is 23. The molecule has 2 aliphatic rings. The van der Waals surface area contributed by atoms with E-state index >= 15 is 0 Å². The number of likely N-dealkylation sites (N-methyl/N-ethyl adjacent to an activating group) is 2. The Balaban J connectivity index is 0.488. The van der Waals surface area contributed by atoms with E-state index in [9.17, 15) is 38.4 Å². The predicted octanol–water partition coefficient (Wildman–Crippen LogP) is 13.0. The van der Waals surface area contributed by atoms with Crippen molar-refractivity contribution in [3.63, 3.8) is 0 Å². The van der Waals surface area contributed by atoms with Crippen molar-refractivity contribution in [1.29, 1.82) is 0 Å². The molecule has 0 aliphatic carbocycles. The van der Waals surface area contributed by atoms with Gasteiger partial charge in [0.1, 0.15) is 40.5 Å². The highest BCUT2D eigenvalue weighted by atomic mass is 16.5. The Morgan fingerprint density at radius 3 is 1.13 bits per heavy atom. The van der Waals surface area contributed by atoms with Gasteiger partial charge in [-0.3, -0.25) is 47.7 Å². The summed E-state index contributed by atoms with van der Waals surface area (Å²) in [4.78, 5) is 161. The number of rotatable bonds is 48. The minimum absolute atomic E-state index is 0.0810. The highest BCUT2D eigenvalue weighted by molar-refractivity contribution is 5.94. The smallest absolute Gasteiger partial charge is 0.243 e. The summed E-state index contributed by atoms with van der Waals surface area (Å²) in [5, 5.41) is 26.4. The number of piperazine rings is 2. The number of benzene rings is 6. The molecule has 6 aromatic heterocycles. The lowest BCUT2D eigenvalue weighted by atomic mass is 9.78.